The monoisotopic (exact) mass is 392 g/mol. The van der Waals surface area contributed by atoms with E-state index in [1.54, 1.807) is 24.3 Å². The van der Waals surface area contributed by atoms with E-state index in [0.29, 0.717) is 17.1 Å². The third-order valence-electron chi connectivity index (χ3n) is 3.09. The first kappa shape index (κ1) is 17.8. The topological polar surface area (TPSA) is 80.2 Å². The van der Waals surface area contributed by atoms with Crippen molar-refractivity contribution >= 4 is 28.1 Å². The fourth-order valence-corrected chi connectivity index (χ4v) is 2.49. The maximum Gasteiger partial charge on any atom is 0.277 e. The lowest BCUT2D eigenvalue weighted by molar-refractivity contribution is -0.123. The van der Waals surface area contributed by atoms with Crippen molar-refractivity contribution in [1.29, 1.82) is 0 Å². The number of para-hydroxylation sites is 1. The molecular weight excluding hydrogens is 376 g/mol. The summed E-state index contributed by atoms with van der Waals surface area (Å²) in [5, 5.41) is 13.7. The smallest absolute Gasteiger partial charge is 0.277 e. The largest absolute Gasteiger partial charge is 0.504 e. The average molecular weight is 393 g/mol. The number of nitrogens with zero attached hydrogens (tertiary/aromatic N) is 1. The minimum atomic E-state index is -0.416. The van der Waals surface area contributed by atoms with Gasteiger partial charge >= 0.3 is 0 Å². The van der Waals surface area contributed by atoms with Crippen molar-refractivity contribution in [2.75, 3.05) is 13.7 Å². The summed E-state index contributed by atoms with van der Waals surface area (Å²) in [6.45, 7) is 1.78. The third-order valence-corrected chi connectivity index (χ3v) is 3.71. The van der Waals surface area contributed by atoms with Gasteiger partial charge in [0.25, 0.3) is 5.91 Å². The van der Waals surface area contributed by atoms with Crippen LogP contribution in [0.2, 0.25) is 0 Å². The molecule has 0 fully saturated rings. The molecule has 0 aliphatic carbocycles. The molecule has 24 heavy (non-hydrogen) atoms. The van der Waals surface area contributed by atoms with Gasteiger partial charge in [0.15, 0.2) is 18.1 Å². The summed E-state index contributed by atoms with van der Waals surface area (Å²) < 4.78 is 11.2. The van der Waals surface area contributed by atoms with Crippen molar-refractivity contribution in [1.82, 2.24) is 5.43 Å². The number of methoxy groups -OCH3 is 1. The van der Waals surface area contributed by atoms with Gasteiger partial charge in [0.05, 0.1) is 17.8 Å². The number of carbonyl (C=O) groups excluding carboxylic acids is 1. The summed E-state index contributed by atoms with van der Waals surface area (Å²) in [7, 11) is 1.46. The van der Waals surface area contributed by atoms with Crippen LogP contribution in [0.3, 0.4) is 0 Å². The highest BCUT2D eigenvalue weighted by Crippen LogP contribution is 2.28. The predicted molar refractivity (Wildman–Crippen MR) is 94.8 cm³/mol. The molecule has 0 atom stereocenters. The molecule has 0 aliphatic heterocycles. The van der Waals surface area contributed by atoms with E-state index in [0.717, 1.165) is 10.0 Å². The molecule has 7 heteroatoms. The fourth-order valence-electron chi connectivity index (χ4n) is 1.88. The number of hydrogen-bond acceptors (Lipinski definition) is 5. The quantitative estimate of drug-likeness (QED) is 0.584. The lowest BCUT2D eigenvalue weighted by atomic mass is 10.2. The van der Waals surface area contributed by atoms with Crippen LogP contribution in [-0.2, 0) is 4.79 Å². The van der Waals surface area contributed by atoms with Crippen molar-refractivity contribution in [3.63, 3.8) is 0 Å². The van der Waals surface area contributed by atoms with Gasteiger partial charge in [-0.1, -0.05) is 12.1 Å². The number of phenolic OH excluding ortho intramolecular Hbond substituents is 1. The maximum atomic E-state index is 11.7. The number of ether oxygens (including phenoxy) is 2. The standard InChI is InChI=1S/C17H17BrN2O4/c1-11-6-7-14(13(18)8-11)24-10-16(21)20-19-9-12-4-3-5-15(23-2)17(12)22/h3-9,22H,10H2,1-2H3,(H,20,21). The van der Waals surface area contributed by atoms with E-state index in [-0.39, 0.29) is 12.4 Å². The van der Waals surface area contributed by atoms with Gasteiger partial charge in [0, 0.05) is 5.56 Å². The molecule has 0 saturated carbocycles. The maximum absolute atomic E-state index is 11.7. The molecule has 1 amide bonds. The van der Waals surface area contributed by atoms with Crippen molar-refractivity contribution in [3.05, 3.63) is 52.0 Å². The highest BCUT2D eigenvalue weighted by molar-refractivity contribution is 9.10. The molecule has 0 aromatic heterocycles. The van der Waals surface area contributed by atoms with Crippen LogP contribution < -0.4 is 14.9 Å². The number of aryl methyl sites for hydroxylation is 1. The summed E-state index contributed by atoms with van der Waals surface area (Å²) in [6.07, 6.45) is 1.33. The molecule has 6 nitrogen and oxygen atoms in total. The van der Waals surface area contributed by atoms with E-state index in [1.807, 2.05) is 19.1 Å². The molecule has 0 radical (unpaired) electrons. The summed E-state index contributed by atoms with van der Waals surface area (Å²) >= 11 is 3.38. The molecule has 2 aromatic carbocycles. The normalized spacial score (nSPS) is 10.6. The Morgan fingerprint density at radius 1 is 1.33 bits per heavy atom. The first-order chi connectivity index (χ1) is 11.5. The minimum absolute atomic E-state index is 0.0437. The van der Waals surface area contributed by atoms with Gasteiger partial charge in [-0.3, -0.25) is 4.79 Å². The number of carbonyl (C=O) groups is 1. The first-order valence-electron chi connectivity index (χ1n) is 7.08. The average Bonchev–Trinajstić information content (AvgIpc) is 2.55. The van der Waals surface area contributed by atoms with Crippen LogP contribution >= 0.6 is 15.9 Å². The van der Waals surface area contributed by atoms with Crippen molar-refractivity contribution in [2.45, 2.75) is 6.92 Å². The van der Waals surface area contributed by atoms with E-state index in [2.05, 4.69) is 26.5 Å². The molecule has 0 heterocycles. The second-order valence-electron chi connectivity index (χ2n) is 4.91. The molecule has 0 aliphatic rings. The number of phenols is 1. The van der Waals surface area contributed by atoms with E-state index in [1.165, 1.54) is 13.3 Å². The highest BCUT2D eigenvalue weighted by Gasteiger charge is 2.07. The molecule has 2 N–H and O–H groups in total. The number of amides is 1. The van der Waals surface area contributed by atoms with Gasteiger partial charge in [0.1, 0.15) is 5.75 Å². The number of hydrogen-bond donors (Lipinski definition) is 2. The van der Waals surface area contributed by atoms with Crippen molar-refractivity contribution < 1.29 is 19.4 Å². The number of hydrazone groups is 1. The Kier molecular flexibility index (Phi) is 6.20. The van der Waals surface area contributed by atoms with Gasteiger partial charge in [-0.15, -0.1) is 0 Å². The first-order valence-corrected chi connectivity index (χ1v) is 7.87. The molecule has 0 unspecified atom stereocenters. The Morgan fingerprint density at radius 3 is 2.83 bits per heavy atom. The lowest BCUT2D eigenvalue weighted by Crippen LogP contribution is -2.24. The van der Waals surface area contributed by atoms with Gasteiger partial charge < -0.3 is 14.6 Å². The van der Waals surface area contributed by atoms with Crippen LogP contribution in [-0.4, -0.2) is 30.9 Å². The summed E-state index contributed by atoms with van der Waals surface area (Å²) in [6, 6.07) is 10.6. The molecule has 0 bridgehead atoms. The van der Waals surface area contributed by atoms with Crippen molar-refractivity contribution in [2.24, 2.45) is 5.10 Å². The van der Waals surface area contributed by atoms with Gasteiger partial charge in [-0.05, 0) is 52.7 Å². The van der Waals surface area contributed by atoms with Gasteiger partial charge in [-0.2, -0.15) is 5.10 Å². The molecule has 0 saturated heterocycles. The zero-order valence-corrected chi connectivity index (χ0v) is 14.8. The van der Waals surface area contributed by atoms with E-state index < -0.39 is 5.91 Å². The molecule has 126 valence electrons. The van der Waals surface area contributed by atoms with Crippen molar-refractivity contribution in [3.8, 4) is 17.2 Å². The Labute approximate surface area is 148 Å². The summed E-state index contributed by atoms with van der Waals surface area (Å²) in [5.74, 6) is 0.446. The second kappa shape index (κ2) is 8.35. The minimum Gasteiger partial charge on any atom is -0.504 e. The number of aromatic hydroxyl groups is 1. The predicted octanol–water partition coefficient (Wildman–Crippen LogP) is 3.00. The van der Waals surface area contributed by atoms with E-state index in [4.69, 9.17) is 9.47 Å². The zero-order valence-electron chi connectivity index (χ0n) is 13.2. The SMILES string of the molecule is COc1cccc(C=NNC(=O)COc2ccc(C)cc2Br)c1O. The Hall–Kier alpha value is -2.54. The molecule has 0 spiro atoms. The summed E-state index contributed by atoms with van der Waals surface area (Å²) in [4.78, 5) is 11.7. The van der Waals surface area contributed by atoms with Crippen LogP contribution in [0.4, 0.5) is 0 Å². The van der Waals surface area contributed by atoms with Crippen LogP contribution in [0.5, 0.6) is 17.2 Å². The Morgan fingerprint density at radius 2 is 2.12 bits per heavy atom. The van der Waals surface area contributed by atoms with Crippen LogP contribution in [0.25, 0.3) is 0 Å². The number of benzene rings is 2. The Balaban J connectivity index is 1.89. The number of halogens is 1. The number of nitrogens with one attached hydrogen (secondary N) is 1. The molecule has 2 aromatic rings. The van der Waals surface area contributed by atoms with E-state index in [9.17, 15) is 9.90 Å². The number of rotatable bonds is 6. The second-order valence-corrected chi connectivity index (χ2v) is 5.77. The third kappa shape index (κ3) is 4.73. The van der Waals surface area contributed by atoms with Crippen LogP contribution in [0.1, 0.15) is 11.1 Å². The van der Waals surface area contributed by atoms with Crippen LogP contribution in [0, 0.1) is 6.92 Å². The lowest BCUT2D eigenvalue weighted by Gasteiger charge is -2.08. The zero-order chi connectivity index (χ0) is 17.5. The van der Waals surface area contributed by atoms with Gasteiger partial charge in [0.2, 0.25) is 0 Å². The molecule has 2 rings (SSSR count). The van der Waals surface area contributed by atoms with E-state index >= 15 is 0 Å². The van der Waals surface area contributed by atoms with Gasteiger partial charge in [-0.25, -0.2) is 5.43 Å². The Bertz CT molecular complexity index is 762. The highest BCUT2D eigenvalue weighted by atomic mass is 79.9. The molecular formula is C17H17BrN2O4. The van der Waals surface area contributed by atoms with Crippen LogP contribution in [0.15, 0.2) is 46.0 Å². The fraction of sp³-hybridized carbons (Fsp3) is 0.176. The summed E-state index contributed by atoms with van der Waals surface area (Å²) in [5.41, 5.74) is 3.85.